The van der Waals surface area contributed by atoms with E-state index in [9.17, 15) is 4.79 Å². The number of ether oxygens (including phenoxy) is 2. The number of methoxy groups -OCH3 is 1. The molecule has 1 aromatic rings. The van der Waals surface area contributed by atoms with Crippen LogP contribution in [0.25, 0.3) is 0 Å². The van der Waals surface area contributed by atoms with Crippen molar-refractivity contribution in [2.75, 3.05) is 33.4 Å². The van der Waals surface area contributed by atoms with Crippen LogP contribution in [-0.2, 0) is 20.7 Å². The topological polar surface area (TPSA) is 38.8 Å². The standard InChI is InChI=1S/C19H27NO3/c1-22-14-17-13-19(15-23-17)9-11-20(12-10-19)18(21)8-7-16-5-3-2-4-6-16/h2-6,17H,7-15H2,1H3/t17-/m1/s1. The second kappa shape index (κ2) is 7.45. The Hall–Kier alpha value is -1.39. The van der Waals surface area contributed by atoms with Gasteiger partial charge in [0.15, 0.2) is 0 Å². The highest BCUT2D eigenvalue weighted by molar-refractivity contribution is 5.76. The molecule has 0 N–H and O–H groups in total. The van der Waals surface area contributed by atoms with E-state index in [2.05, 4.69) is 12.1 Å². The Morgan fingerprint density at radius 2 is 2.04 bits per heavy atom. The van der Waals surface area contributed by atoms with Gasteiger partial charge in [-0.2, -0.15) is 0 Å². The molecule has 0 radical (unpaired) electrons. The summed E-state index contributed by atoms with van der Waals surface area (Å²) in [4.78, 5) is 14.5. The van der Waals surface area contributed by atoms with Crippen molar-refractivity contribution in [2.24, 2.45) is 5.41 Å². The second-order valence-electron chi connectivity index (χ2n) is 6.96. The molecule has 1 aromatic carbocycles. The highest BCUT2D eigenvalue weighted by Gasteiger charge is 2.42. The van der Waals surface area contributed by atoms with E-state index >= 15 is 0 Å². The van der Waals surface area contributed by atoms with Gasteiger partial charge in [-0.05, 0) is 36.7 Å². The number of benzene rings is 1. The largest absolute Gasteiger partial charge is 0.382 e. The van der Waals surface area contributed by atoms with Crippen LogP contribution < -0.4 is 0 Å². The van der Waals surface area contributed by atoms with Gasteiger partial charge in [0.25, 0.3) is 0 Å². The van der Waals surface area contributed by atoms with Crippen molar-refractivity contribution in [3.63, 3.8) is 0 Å². The summed E-state index contributed by atoms with van der Waals surface area (Å²) in [5.74, 6) is 0.288. The first-order valence-electron chi connectivity index (χ1n) is 8.63. The lowest BCUT2D eigenvalue weighted by Crippen LogP contribution is -2.43. The van der Waals surface area contributed by atoms with Gasteiger partial charge < -0.3 is 14.4 Å². The molecule has 1 atom stereocenters. The Bertz CT molecular complexity index is 509. The molecular weight excluding hydrogens is 290 g/mol. The van der Waals surface area contributed by atoms with Crippen LogP contribution in [0, 0.1) is 5.41 Å². The van der Waals surface area contributed by atoms with E-state index in [1.807, 2.05) is 23.1 Å². The number of hydrogen-bond donors (Lipinski definition) is 0. The summed E-state index contributed by atoms with van der Waals surface area (Å²) in [7, 11) is 1.72. The third kappa shape index (κ3) is 4.12. The van der Waals surface area contributed by atoms with Gasteiger partial charge in [-0.15, -0.1) is 0 Å². The number of aryl methyl sites for hydroxylation is 1. The molecule has 2 saturated heterocycles. The normalized spacial score (nSPS) is 23.3. The van der Waals surface area contributed by atoms with Crippen LogP contribution in [0.1, 0.15) is 31.2 Å². The van der Waals surface area contributed by atoms with Crippen molar-refractivity contribution in [3.8, 4) is 0 Å². The van der Waals surface area contributed by atoms with Crippen LogP contribution in [0.3, 0.4) is 0 Å². The summed E-state index contributed by atoms with van der Waals surface area (Å²) in [6.45, 7) is 3.25. The lowest BCUT2D eigenvalue weighted by atomic mass is 9.76. The van der Waals surface area contributed by atoms with E-state index in [0.717, 1.165) is 45.4 Å². The number of piperidine rings is 1. The average molecular weight is 317 g/mol. The monoisotopic (exact) mass is 317 g/mol. The van der Waals surface area contributed by atoms with E-state index in [-0.39, 0.29) is 17.4 Å². The minimum absolute atomic E-state index is 0.236. The maximum atomic E-state index is 12.4. The molecule has 23 heavy (non-hydrogen) atoms. The van der Waals surface area contributed by atoms with Crippen molar-refractivity contribution in [1.82, 2.24) is 4.90 Å². The fraction of sp³-hybridized carbons (Fsp3) is 0.632. The molecule has 2 aliphatic rings. The molecule has 1 spiro atoms. The molecular formula is C19H27NO3. The van der Waals surface area contributed by atoms with Crippen LogP contribution in [0.4, 0.5) is 0 Å². The van der Waals surface area contributed by atoms with Crippen LogP contribution in [0.15, 0.2) is 30.3 Å². The number of carbonyl (C=O) groups is 1. The van der Waals surface area contributed by atoms with Gasteiger partial charge >= 0.3 is 0 Å². The minimum atomic E-state index is 0.236. The summed E-state index contributed by atoms with van der Waals surface area (Å²) in [6, 6.07) is 10.2. The first-order chi connectivity index (χ1) is 11.2. The molecule has 4 heteroatoms. The smallest absolute Gasteiger partial charge is 0.222 e. The first-order valence-corrected chi connectivity index (χ1v) is 8.63. The highest BCUT2D eigenvalue weighted by Crippen LogP contribution is 2.42. The van der Waals surface area contributed by atoms with Crippen molar-refractivity contribution in [1.29, 1.82) is 0 Å². The number of hydrogen-bond acceptors (Lipinski definition) is 3. The summed E-state index contributed by atoms with van der Waals surface area (Å²) in [5.41, 5.74) is 1.51. The second-order valence-corrected chi connectivity index (χ2v) is 6.96. The van der Waals surface area contributed by atoms with Crippen LogP contribution in [0.2, 0.25) is 0 Å². The predicted octanol–water partition coefficient (Wildman–Crippen LogP) is 2.66. The molecule has 2 fully saturated rings. The zero-order valence-corrected chi connectivity index (χ0v) is 14.0. The summed E-state index contributed by atoms with van der Waals surface area (Å²) < 4.78 is 11.1. The van der Waals surface area contributed by atoms with E-state index in [1.165, 1.54) is 5.56 Å². The Morgan fingerprint density at radius 1 is 1.30 bits per heavy atom. The molecule has 0 saturated carbocycles. The molecule has 4 nitrogen and oxygen atoms in total. The predicted molar refractivity (Wildman–Crippen MR) is 89.2 cm³/mol. The van der Waals surface area contributed by atoms with Gasteiger partial charge in [0, 0.05) is 26.6 Å². The van der Waals surface area contributed by atoms with Crippen LogP contribution in [0.5, 0.6) is 0 Å². The quantitative estimate of drug-likeness (QED) is 0.838. The Labute approximate surface area is 138 Å². The minimum Gasteiger partial charge on any atom is -0.382 e. The summed E-state index contributed by atoms with van der Waals surface area (Å²) in [5, 5.41) is 0. The van der Waals surface area contributed by atoms with Gasteiger partial charge in [-0.1, -0.05) is 30.3 Å². The Balaban J connectivity index is 1.44. The average Bonchev–Trinajstić information content (AvgIpc) is 2.97. The Morgan fingerprint density at radius 3 is 2.74 bits per heavy atom. The molecule has 0 unspecified atom stereocenters. The van der Waals surface area contributed by atoms with E-state index in [1.54, 1.807) is 7.11 Å². The molecule has 126 valence electrons. The molecule has 3 rings (SSSR count). The van der Waals surface area contributed by atoms with Crippen molar-refractivity contribution in [2.45, 2.75) is 38.2 Å². The van der Waals surface area contributed by atoms with Gasteiger partial charge in [0.2, 0.25) is 5.91 Å². The van der Waals surface area contributed by atoms with Crippen LogP contribution >= 0.6 is 0 Å². The maximum Gasteiger partial charge on any atom is 0.222 e. The highest BCUT2D eigenvalue weighted by atomic mass is 16.5. The molecule has 1 amide bonds. The van der Waals surface area contributed by atoms with Crippen molar-refractivity contribution < 1.29 is 14.3 Å². The van der Waals surface area contributed by atoms with E-state index in [0.29, 0.717) is 13.0 Å². The fourth-order valence-corrected chi connectivity index (χ4v) is 3.82. The summed E-state index contributed by atoms with van der Waals surface area (Å²) in [6.07, 6.45) is 4.88. The lowest BCUT2D eigenvalue weighted by molar-refractivity contribution is -0.133. The SMILES string of the molecule is COC[C@H]1CC2(CCN(C(=O)CCc3ccccc3)CC2)CO1. The molecule has 0 aliphatic carbocycles. The molecule has 2 aliphatic heterocycles. The van der Waals surface area contributed by atoms with E-state index in [4.69, 9.17) is 9.47 Å². The number of likely N-dealkylation sites (tertiary alicyclic amines) is 1. The Kier molecular flexibility index (Phi) is 5.34. The van der Waals surface area contributed by atoms with Gasteiger partial charge in [-0.25, -0.2) is 0 Å². The number of carbonyl (C=O) groups excluding carboxylic acids is 1. The van der Waals surface area contributed by atoms with Gasteiger partial charge in [-0.3, -0.25) is 4.79 Å². The van der Waals surface area contributed by atoms with Crippen molar-refractivity contribution >= 4 is 5.91 Å². The molecule has 0 aromatic heterocycles. The molecule has 2 heterocycles. The lowest BCUT2D eigenvalue weighted by Gasteiger charge is -2.38. The first kappa shape index (κ1) is 16.5. The third-order valence-corrected chi connectivity index (χ3v) is 5.29. The maximum absolute atomic E-state index is 12.4. The third-order valence-electron chi connectivity index (χ3n) is 5.29. The van der Waals surface area contributed by atoms with E-state index < -0.39 is 0 Å². The number of nitrogens with zero attached hydrogens (tertiary/aromatic N) is 1. The van der Waals surface area contributed by atoms with Crippen molar-refractivity contribution in [3.05, 3.63) is 35.9 Å². The summed E-state index contributed by atoms with van der Waals surface area (Å²) >= 11 is 0. The molecule has 0 bridgehead atoms. The number of rotatable bonds is 5. The van der Waals surface area contributed by atoms with Gasteiger partial charge in [0.05, 0.1) is 19.3 Å². The zero-order valence-electron chi connectivity index (χ0n) is 14.0. The van der Waals surface area contributed by atoms with Crippen LogP contribution in [-0.4, -0.2) is 50.3 Å². The number of amides is 1. The fourth-order valence-electron chi connectivity index (χ4n) is 3.82. The zero-order chi connectivity index (χ0) is 16.1. The van der Waals surface area contributed by atoms with Gasteiger partial charge in [0.1, 0.15) is 0 Å².